The molecule has 2 aromatic carbocycles. The Kier molecular flexibility index (Phi) is 5.88. The molecule has 0 aliphatic heterocycles. The molecule has 6 nitrogen and oxygen atoms in total. The van der Waals surface area contributed by atoms with Crippen LogP contribution in [0.3, 0.4) is 0 Å². The zero-order valence-corrected chi connectivity index (χ0v) is 15.5. The number of aromatic nitrogens is 2. The number of Topliss-reactive ketones (excluding diaryl/α,β-unsaturated/α-hetero) is 1. The number of carbonyl (C=O) groups is 2. The molecule has 3 aromatic rings. The van der Waals surface area contributed by atoms with Crippen LogP contribution in [-0.2, 0) is 16.0 Å². The SMILES string of the molecule is O=C(CCc1nc2ccccc2c(=O)[nH]1)OCC(=O)c1ccc(Cl)cc1Cl. The lowest BCUT2D eigenvalue weighted by molar-refractivity contribution is -0.142. The third-order valence-corrected chi connectivity index (χ3v) is 4.37. The summed E-state index contributed by atoms with van der Waals surface area (Å²) in [7, 11) is 0. The molecule has 0 unspecified atom stereocenters. The Morgan fingerprint density at radius 3 is 2.67 bits per heavy atom. The summed E-state index contributed by atoms with van der Waals surface area (Å²) in [6.07, 6.45) is 0.164. The van der Waals surface area contributed by atoms with Crippen molar-refractivity contribution in [1.82, 2.24) is 9.97 Å². The number of carbonyl (C=O) groups excluding carboxylic acids is 2. The molecule has 138 valence electrons. The van der Waals surface area contributed by atoms with Gasteiger partial charge in [0.05, 0.1) is 22.3 Å². The predicted molar refractivity (Wildman–Crippen MR) is 102 cm³/mol. The van der Waals surface area contributed by atoms with Gasteiger partial charge in [0.25, 0.3) is 5.56 Å². The van der Waals surface area contributed by atoms with Crippen molar-refractivity contribution in [3.63, 3.8) is 0 Å². The van der Waals surface area contributed by atoms with Crippen LogP contribution in [0.25, 0.3) is 10.9 Å². The number of hydrogen-bond donors (Lipinski definition) is 1. The van der Waals surface area contributed by atoms with E-state index in [1.165, 1.54) is 18.2 Å². The van der Waals surface area contributed by atoms with E-state index in [1.54, 1.807) is 24.3 Å². The van der Waals surface area contributed by atoms with Crippen LogP contribution in [0.2, 0.25) is 10.0 Å². The Bertz CT molecular complexity index is 1080. The number of rotatable bonds is 6. The average molecular weight is 405 g/mol. The Morgan fingerprint density at radius 1 is 1.11 bits per heavy atom. The summed E-state index contributed by atoms with van der Waals surface area (Å²) in [5, 5.41) is 1.08. The van der Waals surface area contributed by atoms with Gasteiger partial charge in [-0.1, -0.05) is 35.3 Å². The number of nitrogens with zero attached hydrogens (tertiary/aromatic N) is 1. The van der Waals surface area contributed by atoms with Gasteiger partial charge in [-0.25, -0.2) is 4.98 Å². The quantitative estimate of drug-likeness (QED) is 0.500. The van der Waals surface area contributed by atoms with Gasteiger partial charge in [-0.2, -0.15) is 0 Å². The molecule has 1 aromatic heterocycles. The number of aryl methyl sites for hydroxylation is 1. The fraction of sp³-hybridized carbons (Fsp3) is 0.158. The van der Waals surface area contributed by atoms with Crippen molar-refractivity contribution in [2.75, 3.05) is 6.61 Å². The second kappa shape index (κ2) is 8.33. The lowest BCUT2D eigenvalue weighted by Gasteiger charge is -2.06. The van der Waals surface area contributed by atoms with E-state index in [4.69, 9.17) is 27.9 Å². The lowest BCUT2D eigenvalue weighted by atomic mass is 10.1. The van der Waals surface area contributed by atoms with Crippen molar-refractivity contribution in [2.45, 2.75) is 12.8 Å². The van der Waals surface area contributed by atoms with E-state index in [9.17, 15) is 14.4 Å². The largest absolute Gasteiger partial charge is 0.457 e. The van der Waals surface area contributed by atoms with E-state index in [2.05, 4.69) is 9.97 Å². The van der Waals surface area contributed by atoms with Gasteiger partial charge in [-0.05, 0) is 30.3 Å². The highest BCUT2D eigenvalue weighted by Gasteiger charge is 2.14. The third-order valence-electron chi connectivity index (χ3n) is 3.82. The number of nitrogens with one attached hydrogen (secondary N) is 1. The van der Waals surface area contributed by atoms with Gasteiger partial charge in [0.2, 0.25) is 5.78 Å². The van der Waals surface area contributed by atoms with Gasteiger partial charge in [-0.3, -0.25) is 14.4 Å². The zero-order chi connectivity index (χ0) is 19.4. The van der Waals surface area contributed by atoms with Crippen molar-refractivity contribution in [1.29, 1.82) is 0 Å². The molecule has 0 saturated heterocycles. The Balaban J connectivity index is 1.57. The van der Waals surface area contributed by atoms with Crippen molar-refractivity contribution >= 4 is 45.9 Å². The number of H-pyrrole nitrogens is 1. The molecule has 3 rings (SSSR count). The highest BCUT2D eigenvalue weighted by molar-refractivity contribution is 6.36. The number of halogens is 2. The van der Waals surface area contributed by atoms with Gasteiger partial charge in [0.15, 0.2) is 6.61 Å². The van der Waals surface area contributed by atoms with Crippen LogP contribution in [-0.4, -0.2) is 28.3 Å². The number of esters is 1. The molecule has 8 heteroatoms. The Labute approximate surface area is 164 Å². The molecule has 27 heavy (non-hydrogen) atoms. The second-order valence-corrected chi connectivity index (χ2v) is 6.58. The molecule has 0 aliphatic rings. The van der Waals surface area contributed by atoms with Gasteiger partial charge < -0.3 is 9.72 Å². The molecular formula is C19H14Cl2N2O4. The first-order valence-electron chi connectivity index (χ1n) is 8.06. The molecule has 0 bridgehead atoms. The number of benzene rings is 2. The minimum absolute atomic E-state index is 0.0249. The summed E-state index contributed by atoms with van der Waals surface area (Å²) in [5.41, 5.74) is 0.517. The molecule has 1 heterocycles. The summed E-state index contributed by atoms with van der Waals surface area (Å²) in [5.74, 6) is -0.630. The van der Waals surface area contributed by atoms with Crippen LogP contribution in [0, 0.1) is 0 Å². The minimum atomic E-state index is -0.579. The molecule has 0 saturated carbocycles. The maximum absolute atomic E-state index is 12.1. The predicted octanol–water partition coefficient (Wildman–Crippen LogP) is 3.59. The first-order valence-corrected chi connectivity index (χ1v) is 8.81. The fourth-order valence-corrected chi connectivity index (χ4v) is 3.00. The minimum Gasteiger partial charge on any atom is -0.457 e. The van der Waals surface area contributed by atoms with E-state index in [0.29, 0.717) is 21.7 Å². The second-order valence-electron chi connectivity index (χ2n) is 5.74. The molecule has 0 fully saturated rings. The topological polar surface area (TPSA) is 89.1 Å². The van der Waals surface area contributed by atoms with Crippen molar-refractivity contribution in [3.8, 4) is 0 Å². The first-order chi connectivity index (χ1) is 12.9. The van der Waals surface area contributed by atoms with Crippen molar-refractivity contribution in [2.24, 2.45) is 0 Å². The van der Waals surface area contributed by atoms with E-state index in [-0.39, 0.29) is 29.0 Å². The maximum atomic E-state index is 12.1. The number of para-hydroxylation sites is 1. The number of ketones is 1. The molecule has 1 N–H and O–H groups in total. The van der Waals surface area contributed by atoms with Crippen LogP contribution in [0.4, 0.5) is 0 Å². The fourth-order valence-electron chi connectivity index (χ4n) is 2.49. The molecule has 0 amide bonds. The highest BCUT2D eigenvalue weighted by Crippen LogP contribution is 2.21. The van der Waals surface area contributed by atoms with E-state index in [1.807, 2.05) is 0 Å². The van der Waals surface area contributed by atoms with Gasteiger partial charge in [0.1, 0.15) is 5.82 Å². The number of ether oxygens (including phenoxy) is 1. The van der Waals surface area contributed by atoms with Crippen LogP contribution in [0.1, 0.15) is 22.6 Å². The summed E-state index contributed by atoms with van der Waals surface area (Å²) in [6.45, 7) is -0.429. The zero-order valence-electron chi connectivity index (χ0n) is 14.0. The van der Waals surface area contributed by atoms with Crippen LogP contribution in [0.15, 0.2) is 47.3 Å². The molecule has 0 radical (unpaired) electrons. The number of aromatic amines is 1. The van der Waals surface area contributed by atoms with E-state index in [0.717, 1.165) is 0 Å². The van der Waals surface area contributed by atoms with Gasteiger partial charge in [0, 0.05) is 17.0 Å². The highest BCUT2D eigenvalue weighted by atomic mass is 35.5. The number of hydrogen-bond acceptors (Lipinski definition) is 5. The van der Waals surface area contributed by atoms with E-state index < -0.39 is 18.4 Å². The standard InChI is InChI=1S/C19H14Cl2N2O4/c20-11-5-6-12(14(21)9-11)16(24)10-27-18(25)8-7-17-22-15-4-2-1-3-13(15)19(26)23-17/h1-6,9H,7-8,10H2,(H,22,23,26). The smallest absolute Gasteiger partial charge is 0.306 e. The normalized spacial score (nSPS) is 10.7. The molecular weight excluding hydrogens is 391 g/mol. The van der Waals surface area contributed by atoms with Crippen LogP contribution >= 0.6 is 23.2 Å². The van der Waals surface area contributed by atoms with Gasteiger partial charge in [-0.15, -0.1) is 0 Å². The molecule has 0 atom stereocenters. The third kappa shape index (κ3) is 4.72. The molecule has 0 aliphatic carbocycles. The summed E-state index contributed by atoms with van der Waals surface area (Å²) in [6, 6.07) is 11.4. The van der Waals surface area contributed by atoms with Gasteiger partial charge >= 0.3 is 5.97 Å². The summed E-state index contributed by atoms with van der Waals surface area (Å²) < 4.78 is 4.98. The Morgan fingerprint density at radius 2 is 1.89 bits per heavy atom. The molecule has 0 spiro atoms. The summed E-state index contributed by atoms with van der Waals surface area (Å²) in [4.78, 5) is 42.9. The maximum Gasteiger partial charge on any atom is 0.306 e. The first kappa shape index (κ1) is 19.1. The van der Waals surface area contributed by atoms with Crippen molar-refractivity contribution < 1.29 is 14.3 Å². The average Bonchev–Trinajstić information content (AvgIpc) is 2.64. The lowest BCUT2D eigenvalue weighted by Crippen LogP contribution is -2.16. The van der Waals surface area contributed by atoms with Crippen LogP contribution in [0.5, 0.6) is 0 Å². The summed E-state index contributed by atoms with van der Waals surface area (Å²) >= 11 is 11.7. The Hall–Kier alpha value is -2.70. The van der Waals surface area contributed by atoms with Crippen LogP contribution < -0.4 is 5.56 Å². The number of fused-ring (bicyclic) bond motifs is 1. The van der Waals surface area contributed by atoms with Crippen molar-refractivity contribution in [3.05, 3.63) is 74.3 Å². The van der Waals surface area contributed by atoms with E-state index >= 15 is 0 Å². The monoisotopic (exact) mass is 404 g/mol.